The van der Waals surface area contributed by atoms with Crippen LogP contribution in [0.1, 0.15) is 68.8 Å². The molecule has 7 nitrogen and oxygen atoms in total. The lowest BCUT2D eigenvalue weighted by Crippen LogP contribution is -2.40. The molecule has 0 fully saturated rings. The molecule has 222 valence electrons. The molecule has 3 aromatic carbocycles. The number of fused-ring (bicyclic) bond motifs is 1. The summed E-state index contributed by atoms with van der Waals surface area (Å²) in [5.41, 5.74) is 4.66. The fraction of sp³-hybridized carbons (Fsp3) is 0.286. The van der Waals surface area contributed by atoms with Gasteiger partial charge in [0.1, 0.15) is 5.75 Å². The third-order valence-electron chi connectivity index (χ3n) is 7.72. The molecule has 1 N–H and O–H groups in total. The number of anilines is 1. The number of nitrogens with zero attached hydrogens (tertiary/aromatic N) is 3. The number of thiazole rings is 1. The number of carbonyl (C=O) groups excluding carboxylic acids is 1. The van der Waals surface area contributed by atoms with Crippen molar-refractivity contribution in [2.45, 2.75) is 46.6 Å². The Bertz CT molecular complexity index is 1830. The Morgan fingerprint density at radius 3 is 2.35 bits per heavy atom. The second kappa shape index (κ2) is 12.8. The van der Waals surface area contributed by atoms with Crippen molar-refractivity contribution in [2.24, 2.45) is 4.99 Å². The maximum absolute atomic E-state index is 14.1. The van der Waals surface area contributed by atoms with Gasteiger partial charge in [0.25, 0.3) is 5.56 Å². The number of hydrogen-bond acceptors (Lipinski definition) is 7. The highest BCUT2D eigenvalue weighted by Crippen LogP contribution is 2.35. The summed E-state index contributed by atoms with van der Waals surface area (Å²) in [7, 11) is 0. The van der Waals surface area contributed by atoms with Gasteiger partial charge >= 0.3 is 5.97 Å². The van der Waals surface area contributed by atoms with Crippen LogP contribution in [0.2, 0.25) is 0 Å². The fourth-order valence-electron chi connectivity index (χ4n) is 5.40. The number of phenolic OH excluding ortho intramolecular Hbond substituents is 1. The van der Waals surface area contributed by atoms with Crippen LogP contribution in [0.15, 0.2) is 88.2 Å². The lowest BCUT2D eigenvalue weighted by Gasteiger charge is -2.26. The van der Waals surface area contributed by atoms with Crippen LogP contribution in [0.25, 0.3) is 11.8 Å². The topological polar surface area (TPSA) is 84.1 Å². The zero-order valence-corrected chi connectivity index (χ0v) is 26.0. The molecule has 1 aromatic heterocycles. The normalized spacial score (nSPS) is 14.9. The van der Waals surface area contributed by atoms with E-state index in [-0.39, 0.29) is 17.9 Å². The minimum Gasteiger partial charge on any atom is -0.507 e. The number of benzene rings is 3. The zero-order valence-electron chi connectivity index (χ0n) is 25.2. The third kappa shape index (κ3) is 5.92. The van der Waals surface area contributed by atoms with Gasteiger partial charge in [0, 0.05) is 36.0 Å². The monoisotopic (exact) mass is 595 g/mol. The Hall–Kier alpha value is -4.43. The molecule has 0 unspecified atom stereocenters. The van der Waals surface area contributed by atoms with Gasteiger partial charge in [0.2, 0.25) is 0 Å². The standard InChI is InChI=1S/C35H37N3O4S/c1-6-37(7-2)27-19-18-26(28(39)21-27)20-29-33(40)38-32(25-16-14-23(15-17-25)22(4)5)30(34(41)42-8-3)31(36-35(38)43-29)24-12-10-9-11-13-24/h9-22,32,39H,6-8H2,1-5H3/b29-20-/t32-/m1/s1. The molecule has 0 radical (unpaired) electrons. The van der Waals surface area contributed by atoms with Crippen molar-refractivity contribution in [1.82, 2.24) is 4.57 Å². The molecule has 0 saturated carbocycles. The molecule has 0 bridgehead atoms. The number of ether oxygens (including phenoxy) is 1. The van der Waals surface area contributed by atoms with Crippen molar-refractivity contribution >= 4 is 34.8 Å². The number of esters is 1. The molecule has 43 heavy (non-hydrogen) atoms. The Morgan fingerprint density at radius 1 is 1.05 bits per heavy atom. The van der Waals surface area contributed by atoms with Crippen LogP contribution in [0, 0.1) is 0 Å². The van der Waals surface area contributed by atoms with E-state index < -0.39 is 12.0 Å². The lowest BCUT2D eigenvalue weighted by atomic mass is 9.91. The molecule has 1 atom stereocenters. The molecule has 4 aromatic rings. The van der Waals surface area contributed by atoms with Crippen molar-refractivity contribution in [2.75, 3.05) is 24.6 Å². The maximum atomic E-state index is 14.1. The van der Waals surface area contributed by atoms with Crippen LogP contribution in [0.5, 0.6) is 5.75 Å². The van der Waals surface area contributed by atoms with Crippen molar-refractivity contribution in [3.05, 3.63) is 120 Å². The summed E-state index contributed by atoms with van der Waals surface area (Å²) in [6.45, 7) is 12.0. The molecule has 1 aliphatic rings. The van der Waals surface area contributed by atoms with Crippen molar-refractivity contribution < 1.29 is 14.6 Å². The fourth-order valence-corrected chi connectivity index (χ4v) is 6.39. The summed E-state index contributed by atoms with van der Waals surface area (Å²) >= 11 is 1.24. The number of rotatable bonds is 9. The van der Waals surface area contributed by atoms with E-state index in [1.807, 2.05) is 66.7 Å². The minimum absolute atomic E-state index is 0.0910. The molecule has 1 aliphatic heterocycles. The van der Waals surface area contributed by atoms with Crippen LogP contribution in [-0.2, 0) is 9.53 Å². The average Bonchev–Trinajstić information content (AvgIpc) is 3.33. The van der Waals surface area contributed by atoms with Gasteiger partial charge in [-0.2, -0.15) is 0 Å². The van der Waals surface area contributed by atoms with Gasteiger partial charge in [-0.15, -0.1) is 0 Å². The number of aromatic hydroxyl groups is 1. The SMILES string of the molecule is CCOC(=O)C1=C(c2ccccc2)N=c2s/c(=C\c3ccc(N(CC)CC)cc3O)c(=O)n2[C@@H]1c1ccc(C(C)C)cc1. The van der Waals surface area contributed by atoms with E-state index in [4.69, 9.17) is 9.73 Å². The molecule has 2 heterocycles. The van der Waals surface area contributed by atoms with Crippen LogP contribution < -0.4 is 19.8 Å². The highest BCUT2D eigenvalue weighted by molar-refractivity contribution is 7.07. The summed E-state index contributed by atoms with van der Waals surface area (Å²) in [5, 5.41) is 10.9. The van der Waals surface area contributed by atoms with Gasteiger partial charge in [-0.3, -0.25) is 9.36 Å². The van der Waals surface area contributed by atoms with E-state index in [1.165, 1.54) is 11.3 Å². The first-order valence-electron chi connectivity index (χ1n) is 14.7. The van der Waals surface area contributed by atoms with Crippen LogP contribution >= 0.6 is 11.3 Å². The predicted molar refractivity (Wildman–Crippen MR) is 173 cm³/mol. The zero-order chi connectivity index (χ0) is 30.7. The van der Waals surface area contributed by atoms with E-state index in [1.54, 1.807) is 23.6 Å². The summed E-state index contributed by atoms with van der Waals surface area (Å²) in [4.78, 5) is 35.3. The number of hydrogen-bond donors (Lipinski definition) is 1. The Balaban J connectivity index is 1.75. The van der Waals surface area contributed by atoms with Gasteiger partial charge in [-0.05, 0) is 56.0 Å². The van der Waals surface area contributed by atoms with Crippen molar-refractivity contribution in [1.29, 1.82) is 0 Å². The summed E-state index contributed by atoms with van der Waals surface area (Å²) in [5.74, 6) is -0.0908. The molecule has 0 amide bonds. The largest absolute Gasteiger partial charge is 0.507 e. The van der Waals surface area contributed by atoms with Gasteiger partial charge in [0.15, 0.2) is 4.80 Å². The second-order valence-electron chi connectivity index (χ2n) is 10.7. The highest BCUT2D eigenvalue weighted by atomic mass is 32.1. The van der Waals surface area contributed by atoms with Gasteiger partial charge < -0.3 is 14.7 Å². The molecule has 0 saturated heterocycles. The van der Waals surface area contributed by atoms with Gasteiger partial charge in [-0.1, -0.05) is 79.8 Å². The van der Waals surface area contributed by atoms with E-state index >= 15 is 0 Å². The van der Waals surface area contributed by atoms with Crippen LogP contribution in [-0.4, -0.2) is 35.3 Å². The summed E-state index contributed by atoms with van der Waals surface area (Å²) in [6, 6.07) is 22.3. The Kier molecular flexibility index (Phi) is 8.97. The predicted octanol–water partition coefficient (Wildman–Crippen LogP) is 5.61. The van der Waals surface area contributed by atoms with Crippen molar-refractivity contribution in [3.8, 4) is 5.75 Å². The van der Waals surface area contributed by atoms with Crippen LogP contribution in [0.4, 0.5) is 5.69 Å². The smallest absolute Gasteiger partial charge is 0.338 e. The van der Waals surface area contributed by atoms with Gasteiger partial charge in [-0.25, -0.2) is 9.79 Å². The van der Waals surface area contributed by atoms with E-state index in [0.717, 1.165) is 35.5 Å². The molecular weight excluding hydrogens is 558 g/mol. The molecular formula is C35H37N3O4S. The van der Waals surface area contributed by atoms with E-state index in [2.05, 4.69) is 32.6 Å². The number of carbonyl (C=O) groups is 1. The van der Waals surface area contributed by atoms with Crippen LogP contribution in [0.3, 0.4) is 0 Å². The number of aromatic nitrogens is 1. The summed E-state index contributed by atoms with van der Waals surface area (Å²) in [6.07, 6.45) is 1.69. The Labute approximate surface area is 255 Å². The summed E-state index contributed by atoms with van der Waals surface area (Å²) < 4.78 is 7.55. The second-order valence-corrected chi connectivity index (χ2v) is 11.7. The maximum Gasteiger partial charge on any atom is 0.338 e. The third-order valence-corrected chi connectivity index (χ3v) is 8.70. The molecule has 8 heteroatoms. The lowest BCUT2D eigenvalue weighted by molar-refractivity contribution is -0.138. The first kappa shape index (κ1) is 30.0. The minimum atomic E-state index is -0.743. The molecule has 5 rings (SSSR count). The molecule has 0 spiro atoms. The van der Waals surface area contributed by atoms with E-state index in [9.17, 15) is 14.7 Å². The van der Waals surface area contributed by atoms with E-state index in [0.29, 0.717) is 32.1 Å². The molecule has 0 aliphatic carbocycles. The highest BCUT2D eigenvalue weighted by Gasteiger charge is 2.35. The van der Waals surface area contributed by atoms with Crippen molar-refractivity contribution in [3.63, 3.8) is 0 Å². The van der Waals surface area contributed by atoms with Gasteiger partial charge in [0.05, 0.1) is 28.5 Å². The average molecular weight is 596 g/mol. The first-order chi connectivity index (χ1) is 20.8. The quantitative estimate of drug-likeness (QED) is 0.254. The number of phenols is 1. The first-order valence-corrected chi connectivity index (χ1v) is 15.5. The Morgan fingerprint density at radius 2 is 1.74 bits per heavy atom.